The Morgan fingerprint density at radius 2 is 1.59 bits per heavy atom. The van der Waals surface area contributed by atoms with E-state index in [0.717, 1.165) is 22.3 Å². The number of ether oxygens (including phenoxy) is 1. The lowest BCUT2D eigenvalue weighted by Crippen LogP contribution is -2.49. The lowest BCUT2D eigenvalue weighted by atomic mass is 9.98. The molecule has 2 aromatic carbocycles. The van der Waals surface area contributed by atoms with Crippen molar-refractivity contribution in [2.24, 2.45) is 0 Å². The predicted octanol–water partition coefficient (Wildman–Crippen LogP) is 1.96. The van der Waals surface area contributed by atoms with Gasteiger partial charge in [0.15, 0.2) is 0 Å². The van der Waals surface area contributed by atoms with Crippen LogP contribution in [0.4, 0.5) is 4.79 Å². The fourth-order valence-corrected chi connectivity index (χ4v) is 4.29. The Kier molecular flexibility index (Phi) is 8.92. The molecule has 2 aromatic rings. The van der Waals surface area contributed by atoms with Crippen molar-refractivity contribution in [3.63, 3.8) is 0 Å². The Bertz CT molecular complexity index is 1020. The zero-order chi connectivity index (χ0) is 24.5. The molecule has 1 aliphatic carbocycles. The highest BCUT2D eigenvalue weighted by Crippen LogP contribution is 2.44. The van der Waals surface area contributed by atoms with Gasteiger partial charge in [-0.3, -0.25) is 14.4 Å². The van der Waals surface area contributed by atoms with E-state index in [-0.39, 0.29) is 12.5 Å². The summed E-state index contributed by atoms with van der Waals surface area (Å²) in [6, 6.07) is 15.1. The van der Waals surface area contributed by atoms with E-state index in [4.69, 9.17) is 9.84 Å². The molecule has 4 N–H and O–H groups in total. The number of carboxylic acid groups (broad SMARTS) is 1. The summed E-state index contributed by atoms with van der Waals surface area (Å²) in [6.07, 6.45) is 1.49. The van der Waals surface area contributed by atoms with E-state index in [1.807, 2.05) is 54.8 Å². The van der Waals surface area contributed by atoms with Gasteiger partial charge in [0.1, 0.15) is 19.2 Å². The fourth-order valence-electron chi connectivity index (χ4n) is 3.81. The molecule has 0 spiro atoms. The molecule has 3 rings (SSSR count). The van der Waals surface area contributed by atoms with Crippen molar-refractivity contribution < 1.29 is 29.0 Å². The van der Waals surface area contributed by atoms with Crippen LogP contribution in [0.5, 0.6) is 0 Å². The van der Waals surface area contributed by atoms with Crippen LogP contribution >= 0.6 is 11.8 Å². The van der Waals surface area contributed by atoms with E-state index in [2.05, 4.69) is 16.0 Å². The summed E-state index contributed by atoms with van der Waals surface area (Å²) in [6.45, 7) is -0.814. The molecule has 9 nitrogen and oxygen atoms in total. The maximum absolute atomic E-state index is 12.6. The van der Waals surface area contributed by atoms with Crippen LogP contribution in [0, 0.1) is 0 Å². The van der Waals surface area contributed by atoms with Crippen LogP contribution in [0.15, 0.2) is 48.5 Å². The molecule has 0 saturated heterocycles. The van der Waals surface area contributed by atoms with Crippen molar-refractivity contribution in [1.82, 2.24) is 16.0 Å². The van der Waals surface area contributed by atoms with Gasteiger partial charge in [0.25, 0.3) is 0 Å². The highest BCUT2D eigenvalue weighted by atomic mass is 32.2. The number of aliphatic carboxylic acids is 1. The minimum Gasteiger partial charge on any atom is -0.480 e. The number of alkyl carbamates (subject to hydrolysis) is 1. The Hall–Kier alpha value is -3.53. The molecule has 0 heterocycles. The van der Waals surface area contributed by atoms with Crippen LogP contribution in [0.2, 0.25) is 0 Å². The second-order valence-electron chi connectivity index (χ2n) is 7.69. The SMILES string of the molecule is CSCCC(NC(=O)OCC1c2ccccc2-c2ccccc21)C(=O)NCC(=O)NCC(=O)O. The number of amides is 3. The van der Waals surface area contributed by atoms with Gasteiger partial charge in [0, 0.05) is 5.92 Å². The minimum atomic E-state index is -1.19. The monoisotopic (exact) mass is 485 g/mol. The number of fused-ring (bicyclic) bond motifs is 3. The van der Waals surface area contributed by atoms with Gasteiger partial charge < -0.3 is 25.8 Å². The van der Waals surface area contributed by atoms with E-state index in [0.29, 0.717) is 12.2 Å². The first-order valence-corrected chi connectivity index (χ1v) is 12.2. The van der Waals surface area contributed by atoms with Crippen LogP contribution in [-0.4, -0.2) is 66.7 Å². The van der Waals surface area contributed by atoms with Crippen LogP contribution < -0.4 is 16.0 Å². The Morgan fingerprint density at radius 3 is 2.18 bits per heavy atom. The second-order valence-corrected chi connectivity index (χ2v) is 8.68. The maximum Gasteiger partial charge on any atom is 0.407 e. The summed E-state index contributed by atoms with van der Waals surface area (Å²) in [7, 11) is 0. The lowest BCUT2D eigenvalue weighted by molar-refractivity contribution is -0.137. The van der Waals surface area contributed by atoms with Gasteiger partial charge >= 0.3 is 12.1 Å². The van der Waals surface area contributed by atoms with Crippen molar-refractivity contribution in [1.29, 1.82) is 0 Å². The minimum absolute atomic E-state index is 0.102. The summed E-state index contributed by atoms with van der Waals surface area (Å²) < 4.78 is 5.51. The van der Waals surface area contributed by atoms with E-state index in [1.165, 1.54) is 11.8 Å². The average Bonchev–Trinajstić information content (AvgIpc) is 3.16. The molecule has 34 heavy (non-hydrogen) atoms. The molecule has 0 bridgehead atoms. The zero-order valence-corrected chi connectivity index (χ0v) is 19.5. The Labute approximate surface area is 201 Å². The Balaban J connectivity index is 1.57. The first-order chi connectivity index (χ1) is 16.4. The zero-order valence-electron chi connectivity index (χ0n) is 18.7. The molecule has 3 amide bonds. The molecule has 0 radical (unpaired) electrons. The molecule has 0 fully saturated rings. The van der Waals surface area contributed by atoms with E-state index in [9.17, 15) is 19.2 Å². The van der Waals surface area contributed by atoms with Crippen LogP contribution in [0.1, 0.15) is 23.5 Å². The number of carbonyl (C=O) groups is 4. The topological polar surface area (TPSA) is 134 Å². The highest BCUT2D eigenvalue weighted by Gasteiger charge is 2.29. The van der Waals surface area contributed by atoms with Crippen LogP contribution in [-0.2, 0) is 19.1 Å². The number of hydrogen-bond acceptors (Lipinski definition) is 6. The summed E-state index contributed by atoms with van der Waals surface area (Å²) >= 11 is 1.51. The molecular formula is C24H27N3O6S. The first kappa shape index (κ1) is 25.1. The number of carbonyl (C=O) groups excluding carboxylic acids is 3. The van der Waals surface area contributed by atoms with Gasteiger partial charge in [-0.05, 0) is 40.7 Å². The summed E-state index contributed by atoms with van der Waals surface area (Å²) in [5, 5.41) is 15.8. The third-order valence-corrected chi connectivity index (χ3v) is 6.07. The van der Waals surface area contributed by atoms with E-state index >= 15 is 0 Å². The lowest BCUT2D eigenvalue weighted by Gasteiger charge is -2.19. The molecule has 0 aromatic heterocycles. The number of benzene rings is 2. The highest BCUT2D eigenvalue weighted by molar-refractivity contribution is 7.98. The quantitative estimate of drug-likeness (QED) is 0.382. The molecule has 0 saturated carbocycles. The number of rotatable bonds is 11. The summed E-state index contributed by atoms with van der Waals surface area (Å²) in [5.74, 6) is -1.87. The van der Waals surface area contributed by atoms with E-state index < -0.39 is 43.0 Å². The van der Waals surface area contributed by atoms with Gasteiger partial charge in [-0.1, -0.05) is 48.5 Å². The van der Waals surface area contributed by atoms with Crippen molar-refractivity contribution >= 4 is 35.6 Å². The van der Waals surface area contributed by atoms with Crippen molar-refractivity contribution in [2.75, 3.05) is 31.7 Å². The second kappa shape index (κ2) is 12.1. The Morgan fingerprint density at radius 1 is 0.971 bits per heavy atom. The summed E-state index contributed by atoms with van der Waals surface area (Å²) in [4.78, 5) is 47.3. The van der Waals surface area contributed by atoms with Crippen LogP contribution in [0.25, 0.3) is 11.1 Å². The third kappa shape index (κ3) is 6.50. The predicted molar refractivity (Wildman–Crippen MR) is 129 cm³/mol. The molecule has 1 atom stereocenters. The van der Waals surface area contributed by atoms with Gasteiger partial charge in [-0.15, -0.1) is 0 Å². The smallest absolute Gasteiger partial charge is 0.407 e. The number of hydrogen-bond donors (Lipinski definition) is 4. The molecule has 180 valence electrons. The van der Waals surface area contributed by atoms with Crippen molar-refractivity contribution in [3.8, 4) is 11.1 Å². The molecule has 10 heteroatoms. The molecule has 0 aliphatic heterocycles. The largest absolute Gasteiger partial charge is 0.480 e. The average molecular weight is 486 g/mol. The number of thioether (sulfide) groups is 1. The fraction of sp³-hybridized carbons (Fsp3) is 0.333. The van der Waals surface area contributed by atoms with Gasteiger partial charge in [0.2, 0.25) is 11.8 Å². The third-order valence-electron chi connectivity index (χ3n) is 5.42. The summed E-state index contributed by atoms with van der Waals surface area (Å²) in [5.41, 5.74) is 4.40. The molecular weight excluding hydrogens is 458 g/mol. The molecule has 1 aliphatic rings. The number of nitrogens with one attached hydrogen (secondary N) is 3. The van der Waals surface area contributed by atoms with Gasteiger partial charge in [-0.2, -0.15) is 11.8 Å². The van der Waals surface area contributed by atoms with Crippen molar-refractivity contribution in [2.45, 2.75) is 18.4 Å². The van der Waals surface area contributed by atoms with E-state index in [1.54, 1.807) is 0 Å². The van der Waals surface area contributed by atoms with Gasteiger partial charge in [0.05, 0.1) is 6.54 Å². The van der Waals surface area contributed by atoms with Crippen molar-refractivity contribution in [3.05, 3.63) is 59.7 Å². The normalized spacial score (nSPS) is 12.7. The number of carboxylic acids is 1. The van der Waals surface area contributed by atoms with Crippen LogP contribution in [0.3, 0.4) is 0 Å². The van der Waals surface area contributed by atoms with Gasteiger partial charge in [-0.25, -0.2) is 4.79 Å². The standard InChI is InChI=1S/C24H27N3O6S/c1-34-11-10-20(23(31)26-12-21(28)25-13-22(29)30)27-24(32)33-14-19-17-8-4-2-6-15(17)16-7-3-5-9-18(16)19/h2-9,19-20H,10-14H2,1H3,(H,25,28)(H,26,31)(H,27,32)(H,29,30). The molecule has 1 unspecified atom stereocenters. The first-order valence-electron chi connectivity index (χ1n) is 10.8. The maximum atomic E-state index is 12.6.